The van der Waals surface area contributed by atoms with Gasteiger partial charge in [0.05, 0.1) is 19.0 Å². The van der Waals surface area contributed by atoms with Crippen molar-refractivity contribution in [3.05, 3.63) is 25.5 Å². The molecule has 0 spiro atoms. The fraction of sp³-hybridized carbons (Fsp3) is 0.643. The van der Waals surface area contributed by atoms with E-state index in [-0.39, 0.29) is 18.5 Å². The topological polar surface area (TPSA) is 48.0 Å². The summed E-state index contributed by atoms with van der Waals surface area (Å²) in [7, 11) is 0. The second kappa shape index (κ2) is 8.72. The van der Waals surface area contributed by atoms with Gasteiger partial charge in [0.2, 0.25) is 0 Å². The van der Waals surface area contributed by atoms with Crippen LogP contribution in [0.3, 0.4) is 0 Å². The summed E-state index contributed by atoms with van der Waals surface area (Å²) < 4.78 is 16.0. The lowest BCUT2D eigenvalue weighted by atomic mass is 10.2. The molecule has 1 aliphatic heterocycles. The van der Waals surface area contributed by atoms with Gasteiger partial charge in [-0.25, -0.2) is 4.79 Å². The van der Waals surface area contributed by atoms with E-state index in [1.54, 1.807) is 11.0 Å². The highest BCUT2D eigenvalue weighted by Gasteiger charge is 2.22. The van der Waals surface area contributed by atoms with Crippen LogP contribution in [-0.4, -0.2) is 43.1 Å². The van der Waals surface area contributed by atoms with Crippen LogP contribution in [0.1, 0.15) is 26.2 Å². The van der Waals surface area contributed by atoms with Gasteiger partial charge in [-0.05, 0) is 26.2 Å². The van der Waals surface area contributed by atoms with Crippen molar-refractivity contribution in [2.24, 2.45) is 0 Å². The molecule has 0 bridgehead atoms. The van der Waals surface area contributed by atoms with Gasteiger partial charge in [0, 0.05) is 13.1 Å². The van der Waals surface area contributed by atoms with E-state index in [4.69, 9.17) is 14.2 Å². The molecule has 1 rings (SSSR count). The molecule has 0 aromatic heterocycles. The monoisotopic (exact) mass is 269 g/mol. The maximum Gasteiger partial charge on any atom is 0.414 e. The molecule has 1 heterocycles. The molecule has 0 aliphatic carbocycles. The van der Waals surface area contributed by atoms with Crippen LogP contribution in [0.2, 0.25) is 0 Å². The van der Waals surface area contributed by atoms with Crippen molar-refractivity contribution in [2.75, 3.05) is 19.7 Å². The highest BCUT2D eigenvalue weighted by Crippen LogP contribution is 2.17. The first-order valence-corrected chi connectivity index (χ1v) is 6.61. The van der Waals surface area contributed by atoms with Crippen molar-refractivity contribution in [3.63, 3.8) is 0 Å². The molecule has 1 saturated heterocycles. The third kappa shape index (κ3) is 5.89. The van der Waals surface area contributed by atoms with E-state index < -0.39 is 0 Å². The van der Waals surface area contributed by atoms with E-state index in [0.29, 0.717) is 19.7 Å². The Bertz CT molecular complexity index is 306. The normalized spacial score (nSPS) is 21.3. The lowest BCUT2D eigenvalue weighted by Crippen LogP contribution is -2.32. The van der Waals surface area contributed by atoms with Crippen molar-refractivity contribution in [2.45, 2.75) is 38.6 Å². The summed E-state index contributed by atoms with van der Waals surface area (Å²) in [6.07, 6.45) is 4.97. The number of rotatable bonds is 6. The van der Waals surface area contributed by atoms with Gasteiger partial charge in [-0.3, -0.25) is 0 Å². The summed E-state index contributed by atoms with van der Waals surface area (Å²) in [4.78, 5) is 13.3. The molecule has 1 aliphatic rings. The van der Waals surface area contributed by atoms with Gasteiger partial charge in [0.1, 0.15) is 0 Å². The van der Waals surface area contributed by atoms with Crippen molar-refractivity contribution < 1.29 is 19.0 Å². The van der Waals surface area contributed by atoms with Crippen LogP contribution in [0.25, 0.3) is 0 Å². The summed E-state index contributed by atoms with van der Waals surface area (Å²) in [6.45, 7) is 10.6. The van der Waals surface area contributed by atoms with Gasteiger partial charge >= 0.3 is 6.09 Å². The number of hydrogen-bond acceptors (Lipinski definition) is 4. The Morgan fingerprint density at radius 1 is 1.42 bits per heavy atom. The minimum absolute atomic E-state index is 0.112. The lowest BCUT2D eigenvalue weighted by molar-refractivity contribution is -0.155. The van der Waals surface area contributed by atoms with E-state index in [2.05, 4.69) is 13.2 Å². The molecule has 2 atom stereocenters. The molecular formula is C14H23NO4. The molecule has 0 radical (unpaired) electrons. The maximum atomic E-state index is 11.6. The predicted octanol–water partition coefficient (Wildman–Crippen LogP) is 2.69. The second-order valence-corrected chi connectivity index (χ2v) is 4.42. The number of carbonyl (C=O) groups is 1. The second-order valence-electron chi connectivity index (χ2n) is 4.42. The largest absolute Gasteiger partial charge is 0.419 e. The standard InChI is InChI=1S/C14H23NO4/c1-4-11-18-12(3)19-13-7-6-9-15(10-8-13)14(16)17-5-2/h4-5,12-13H,1-2,6-11H2,3H3/t12?,13-/m0/s1. The van der Waals surface area contributed by atoms with E-state index in [1.807, 2.05) is 6.92 Å². The van der Waals surface area contributed by atoms with Gasteiger partial charge < -0.3 is 19.1 Å². The zero-order valence-corrected chi connectivity index (χ0v) is 11.5. The highest BCUT2D eigenvalue weighted by atomic mass is 16.7. The molecule has 0 aromatic carbocycles. The quantitative estimate of drug-likeness (QED) is 0.422. The predicted molar refractivity (Wildman–Crippen MR) is 72.6 cm³/mol. The molecule has 1 unspecified atom stereocenters. The summed E-state index contributed by atoms with van der Waals surface area (Å²) >= 11 is 0. The number of ether oxygens (including phenoxy) is 3. The van der Waals surface area contributed by atoms with Crippen molar-refractivity contribution in [1.29, 1.82) is 0 Å². The third-order valence-electron chi connectivity index (χ3n) is 2.95. The molecular weight excluding hydrogens is 246 g/mol. The SMILES string of the molecule is C=CCOC(C)O[C@H]1CCCN(C(=O)OC=C)CC1. The Labute approximate surface area is 114 Å². The van der Waals surface area contributed by atoms with Crippen LogP contribution in [-0.2, 0) is 14.2 Å². The number of likely N-dealkylation sites (tertiary alicyclic amines) is 1. The molecule has 108 valence electrons. The average molecular weight is 269 g/mol. The first-order valence-electron chi connectivity index (χ1n) is 6.61. The van der Waals surface area contributed by atoms with Crippen LogP contribution in [0, 0.1) is 0 Å². The summed E-state index contributed by atoms with van der Waals surface area (Å²) in [5.74, 6) is 0. The molecule has 5 heteroatoms. The van der Waals surface area contributed by atoms with E-state index >= 15 is 0 Å². The molecule has 1 amide bonds. The Morgan fingerprint density at radius 3 is 2.89 bits per heavy atom. The number of nitrogens with zero attached hydrogens (tertiary/aromatic N) is 1. The summed E-state index contributed by atoms with van der Waals surface area (Å²) in [6, 6.07) is 0. The number of carbonyl (C=O) groups excluding carboxylic acids is 1. The lowest BCUT2D eigenvalue weighted by Gasteiger charge is -2.21. The summed E-state index contributed by atoms with van der Waals surface area (Å²) in [5.41, 5.74) is 0. The van der Waals surface area contributed by atoms with Crippen molar-refractivity contribution in [3.8, 4) is 0 Å². The first kappa shape index (κ1) is 15.7. The molecule has 19 heavy (non-hydrogen) atoms. The zero-order chi connectivity index (χ0) is 14.1. The van der Waals surface area contributed by atoms with Crippen LogP contribution in [0.5, 0.6) is 0 Å². The molecule has 1 fully saturated rings. The maximum absolute atomic E-state index is 11.6. The fourth-order valence-electron chi connectivity index (χ4n) is 2.04. The molecule has 0 saturated carbocycles. The number of hydrogen-bond donors (Lipinski definition) is 0. The van der Waals surface area contributed by atoms with Crippen LogP contribution < -0.4 is 0 Å². The average Bonchev–Trinajstić information content (AvgIpc) is 2.62. The Balaban J connectivity index is 2.34. The van der Waals surface area contributed by atoms with Gasteiger partial charge in [-0.2, -0.15) is 0 Å². The summed E-state index contributed by atoms with van der Waals surface area (Å²) in [5, 5.41) is 0. The zero-order valence-electron chi connectivity index (χ0n) is 11.5. The van der Waals surface area contributed by atoms with Crippen LogP contribution in [0.15, 0.2) is 25.5 Å². The van der Waals surface area contributed by atoms with E-state index in [9.17, 15) is 4.79 Å². The first-order chi connectivity index (χ1) is 9.17. The smallest absolute Gasteiger partial charge is 0.414 e. The highest BCUT2D eigenvalue weighted by molar-refractivity contribution is 5.68. The minimum Gasteiger partial charge on any atom is -0.419 e. The van der Waals surface area contributed by atoms with E-state index in [0.717, 1.165) is 25.5 Å². The van der Waals surface area contributed by atoms with E-state index in [1.165, 1.54) is 0 Å². The Morgan fingerprint density at radius 2 is 2.21 bits per heavy atom. The molecule has 0 aromatic rings. The third-order valence-corrected chi connectivity index (χ3v) is 2.95. The Kier molecular flexibility index (Phi) is 7.22. The van der Waals surface area contributed by atoms with Crippen LogP contribution in [0.4, 0.5) is 4.79 Å². The molecule has 5 nitrogen and oxygen atoms in total. The number of amides is 1. The van der Waals surface area contributed by atoms with Gasteiger partial charge in [-0.15, -0.1) is 6.58 Å². The minimum atomic E-state index is -0.341. The van der Waals surface area contributed by atoms with Crippen molar-refractivity contribution >= 4 is 6.09 Å². The van der Waals surface area contributed by atoms with Crippen molar-refractivity contribution in [1.82, 2.24) is 4.90 Å². The van der Waals surface area contributed by atoms with Gasteiger partial charge in [0.15, 0.2) is 6.29 Å². The fourth-order valence-corrected chi connectivity index (χ4v) is 2.04. The van der Waals surface area contributed by atoms with Crippen LogP contribution >= 0.6 is 0 Å². The Hall–Kier alpha value is -1.33. The molecule has 0 N–H and O–H groups in total. The van der Waals surface area contributed by atoms with Gasteiger partial charge in [-0.1, -0.05) is 12.7 Å². The van der Waals surface area contributed by atoms with Gasteiger partial charge in [0.25, 0.3) is 0 Å².